The molecule has 6 atom stereocenters. The number of carbonyl (C=O) groups excluding carboxylic acids is 1. The van der Waals surface area contributed by atoms with Crippen molar-refractivity contribution in [2.75, 3.05) is 0 Å². The first-order chi connectivity index (χ1) is 17.1. The van der Waals surface area contributed by atoms with E-state index in [-0.39, 0.29) is 11.3 Å². The summed E-state index contributed by atoms with van der Waals surface area (Å²) in [6.45, 7) is 12.4. The normalized spacial score (nSPS) is 40.4. The molecule has 0 aliphatic heterocycles. The summed E-state index contributed by atoms with van der Waals surface area (Å²) in [6.07, 6.45) is 18.9. The van der Waals surface area contributed by atoms with Crippen molar-refractivity contribution in [1.82, 2.24) is 0 Å². The zero-order chi connectivity index (χ0) is 26.1. The summed E-state index contributed by atoms with van der Waals surface area (Å²) in [6, 6.07) is 0. The van der Waals surface area contributed by atoms with Crippen LogP contribution in [0.2, 0.25) is 0 Å². The first-order valence-electron chi connectivity index (χ1n) is 14.5. The third-order valence-corrected chi connectivity index (χ3v) is 10.4. The number of rotatable bonds is 4. The molecule has 4 fully saturated rings. The Morgan fingerprint density at radius 2 is 1.81 bits per heavy atom. The van der Waals surface area contributed by atoms with Crippen molar-refractivity contribution >= 4 is 5.78 Å². The lowest BCUT2D eigenvalue weighted by atomic mass is 9.58. The molecule has 198 valence electrons. The fourth-order valence-electron chi connectivity index (χ4n) is 7.63. The van der Waals surface area contributed by atoms with Gasteiger partial charge in [0.05, 0.1) is 12.2 Å². The molecule has 36 heavy (non-hydrogen) atoms. The number of hydrogen-bond acceptors (Lipinski definition) is 3. The second-order valence-electron chi connectivity index (χ2n) is 13.1. The lowest BCUT2D eigenvalue weighted by Crippen LogP contribution is -2.38. The standard InChI is InChI=1S/C33H48O3/c1-6-28-25(21-29(34)22(2)30(28)35)16-15-23-10-9-18-33(5)26(13-8-14-27(33)20-23)12-7-11-24-17-19-32(3,4)31(24)36/h11,15-16,22,26-27,29-30,34-35H,1,7-10,12-14,17-21H2,2-5H3/b23-15+,24-11+,25-16-. The van der Waals surface area contributed by atoms with Crippen molar-refractivity contribution in [3.63, 3.8) is 0 Å². The van der Waals surface area contributed by atoms with Crippen LogP contribution in [0.3, 0.4) is 0 Å². The van der Waals surface area contributed by atoms with Crippen LogP contribution in [-0.4, -0.2) is 28.2 Å². The van der Waals surface area contributed by atoms with Gasteiger partial charge < -0.3 is 10.2 Å². The highest BCUT2D eigenvalue weighted by Crippen LogP contribution is 2.54. The molecule has 3 nitrogen and oxygen atoms in total. The number of aliphatic hydroxyl groups excluding tert-OH is 2. The molecule has 0 aromatic carbocycles. The van der Waals surface area contributed by atoms with Gasteiger partial charge in [0.2, 0.25) is 0 Å². The quantitative estimate of drug-likeness (QED) is 0.317. The van der Waals surface area contributed by atoms with Crippen LogP contribution in [0.4, 0.5) is 0 Å². The van der Waals surface area contributed by atoms with E-state index in [1.165, 1.54) is 44.1 Å². The third kappa shape index (κ3) is 5.45. The van der Waals surface area contributed by atoms with Gasteiger partial charge in [-0.15, -0.1) is 5.73 Å². The van der Waals surface area contributed by atoms with Crippen LogP contribution < -0.4 is 0 Å². The molecular weight excluding hydrogens is 444 g/mol. The van der Waals surface area contributed by atoms with Crippen molar-refractivity contribution in [3.8, 4) is 0 Å². The summed E-state index contributed by atoms with van der Waals surface area (Å²) >= 11 is 0. The zero-order valence-corrected chi connectivity index (χ0v) is 23.1. The molecule has 3 heteroatoms. The summed E-state index contributed by atoms with van der Waals surface area (Å²) < 4.78 is 0. The van der Waals surface area contributed by atoms with E-state index in [4.69, 9.17) is 0 Å². The fourth-order valence-corrected chi connectivity index (χ4v) is 7.63. The minimum atomic E-state index is -0.701. The Balaban J connectivity index is 1.44. The number of carbonyl (C=O) groups is 1. The number of ketones is 1. The van der Waals surface area contributed by atoms with Crippen molar-refractivity contribution in [1.29, 1.82) is 0 Å². The van der Waals surface area contributed by atoms with Crippen molar-refractivity contribution < 1.29 is 15.0 Å². The maximum absolute atomic E-state index is 12.6. The van der Waals surface area contributed by atoms with Crippen LogP contribution >= 0.6 is 0 Å². The molecular formula is C33H48O3. The van der Waals surface area contributed by atoms with Crippen molar-refractivity contribution in [3.05, 3.63) is 52.8 Å². The topological polar surface area (TPSA) is 57.5 Å². The van der Waals surface area contributed by atoms with Gasteiger partial charge in [0.1, 0.15) is 0 Å². The molecule has 0 spiro atoms. The van der Waals surface area contributed by atoms with Crippen molar-refractivity contribution in [2.45, 2.75) is 117 Å². The smallest absolute Gasteiger partial charge is 0.164 e. The second-order valence-corrected chi connectivity index (χ2v) is 13.1. The van der Waals surface area contributed by atoms with E-state index in [9.17, 15) is 15.0 Å². The first-order valence-corrected chi connectivity index (χ1v) is 14.5. The molecule has 4 aliphatic rings. The van der Waals surface area contributed by atoms with Crippen LogP contribution in [0.5, 0.6) is 0 Å². The minimum absolute atomic E-state index is 0.165. The highest BCUT2D eigenvalue weighted by molar-refractivity contribution is 6.01. The van der Waals surface area contributed by atoms with Crippen LogP contribution in [0, 0.1) is 28.6 Å². The van der Waals surface area contributed by atoms with E-state index in [1.807, 2.05) is 6.92 Å². The summed E-state index contributed by atoms with van der Waals surface area (Å²) in [7, 11) is 0. The highest BCUT2D eigenvalue weighted by Gasteiger charge is 2.44. The number of allylic oxidation sites excluding steroid dienone is 5. The number of aliphatic hydroxyl groups is 2. The lowest BCUT2D eigenvalue weighted by Gasteiger charge is -2.47. The summed E-state index contributed by atoms with van der Waals surface area (Å²) in [4.78, 5) is 12.6. The van der Waals surface area contributed by atoms with Gasteiger partial charge in [0.15, 0.2) is 5.78 Å². The molecule has 0 aromatic rings. The minimum Gasteiger partial charge on any atom is -0.392 e. The molecule has 4 saturated carbocycles. The van der Waals surface area contributed by atoms with E-state index in [0.29, 0.717) is 23.5 Å². The van der Waals surface area contributed by atoms with E-state index >= 15 is 0 Å². The Labute approximate surface area is 219 Å². The van der Waals surface area contributed by atoms with Gasteiger partial charge in [0.25, 0.3) is 0 Å². The average molecular weight is 493 g/mol. The predicted molar refractivity (Wildman–Crippen MR) is 147 cm³/mol. The van der Waals surface area contributed by atoms with Gasteiger partial charge in [-0.25, -0.2) is 0 Å². The Hall–Kier alpha value is -1.67. The Morgan fingerprint density at radius 1 is 1.03 bits per heavy atom. The molecule has 2 N–H and O–H groups in total. The summed E-state index contributed by atoms with van der Waals surface area (Å²) in [5, 5.41) is 21.0. The molecule has 0 bridgehead atoms. The van der Waals surface area contributed by atoms with Gasteiger partial charge in [-0.1, -0.05) is 64.5 Å². The van der Waals surface area contributed by atoms with Gasteiger partial charge >= 0.3 is 0 Å². The van der Waals surface area contributed by atoms with Crippen LogP contribution in [-0.2, 0) is 4.79 Å². The van der Waals surface area contributed by atoms with E-state index < -0.39 is 12.2 Å². The maximum atomic E-state index is 12.6. The SMILES string of the molecule is C=C=C1/C(=C\C=C2/CCCC3(C)C(CC/C=C4\CCC(C)(C)C4=O)CCCC3C2)CC(O)C(C)C1O. The van der Waals surface area contributed by atoms with E-state index in [1.54, 1.807) is 0 Å². The summed E-state index contributed by atoms with van der Waals surface area (Å²) in [5.41, 5.74) is 7.46. The molecule has 0 aromatic heterocycles. The maximum Gasteiger partial charge on any atom is 0.164 e. The average Bonchev–Trinajstić information content (AvgIpc) is 2.99. The first kappa shape index (κ1) is 27.4. The number of fused-ring (bicyclic) bond motifs is 1. The summed E-state index contributed by atoms with van der Waals surface area (Å²) in [5.74, 6) is 1.62. The lowest BCUT2D eigenvalue weighted by molar-refractivity contribution is -0.121. The van der Waals surface area contributed by atoms with Gasteiger partial charge in [-0.2, -0.15) is 0 Å². The monoisotopic (exact) mass is 492 g/mol. The molecule has 4 rings (SSSR count). The predicted octanol–water partition coefficient (Wildman–Crippen LogP) is 7.40. The van der Waals surface area contributed by atoms with E-state index in [0.717, 1.165) is 54.7 Å². The Kier molecular flexibility index (Phi) is 8.35. The van der Waals surface area contributed by atoms with Gasteiger partial charge in [-0.05, 0) is 99.0 Å². The third-order valence-electron chi connectivity index (χ3n) is 10.4. The van der Waals surface area contributed by atoms with Crippen LogP contribution in [0.25, 0.3) is 0 Å². The van der Waals surface area contributed by atoms with Gasteiger partial charge in [-0.3, -0.25) is 4.79 Å². The van der Waals surface area contributed by atoms with Crippen molar-refractivity contribution in [2.24, 2.45) is 28.6 Å². The fraction of sp³-hybridized carbons (Fsp3) is 0.697. The second kappa shape index (κ2) is 11.0. The highest BCUT2D eigenvalue weighted by atomic mass is 16.3. The zero-order valence-electron chi connectivity index (χ0n) is 23.1. The Bertz CT molecular complexity index is 988. The number of Topliss-reactive ketones (excluding diaryl/α,β-unsaturated/α-hetero) is 1. The molecule has 0 heterocycles. The number of hydrogen-bond donors (Lipinski definition) is 2. The molecule has 4 aliphatic carbocycles. The Morgan fingerprint density at radius 3 is 2.50 bits per heavy atom. The van der Waals surface area contributed by atoms with Crippen LogP contribution in [0.1, 0.15) is 105 Å². The molecule has 0 amide bonds. The molecule has 0 saturated heterocycles. The van der Waals surface area contributed by atoms with Gasteiger partial charge in [0, 0.05) is 16.9 Å². The van der Waals surface area contributed by atoms with Crippen LogP contribution in [0.15, 0.2) is 52.8 Å². The van der Waals surface area contributed by atoms with E-state index in [2.05, 4.69) is 51.3 Å². The molecule has 6 unspecified atom stereocenters. The largest absolute Gasteiger partial charge is 0.392 e. The molecule has 0 radical (unpaired) electrons.